The van der Waals surface area contributed by atoms with Crippen molar-refractivity contribution >= 4 is 43.5 Å². The Morgan fingerprint density at radius 1 is 1.11 bits per heavy atom. The van der Waals surface area contributed by atoms with E-state index in [9.17, 15) is 5.11 Å². The zero-order chi connectivity index (χ0) is 14.0. The van der Waals surface area contributed by atoms with Gasteiger partial charge < -0.3 is 9.84 Å². The van der Waals surface area contributed by atoms with Crippen LogP contribution in [0.4, 0.5) is 0 Å². The van der Waals surface area contributed by atoms with Crippen LogP contribution in [-0.2, 0) is 0 Å². The highest BCUT2D eigenvalue weighted by atomic mass is 79.9. The van der Waals surface area contributed by atoms with Crippen LogP contribution >= 0.6 is 43.5 Å². The Hall–Kier alpha value is -0.550. The number of ether oxygens (including phenoxy) is 1. The zero-order valence-corrected chi connectivity index (χ0v) is 14.0. The Morgan fingerprint density at radius 3 is 2.53 bits per heavy atom. The Balaban J connectivity index is 2.51. The van der Waals surface area contributed by atoms with Gasteiger partial charge in [0.05, 0.1) is 7.11 Å². The van der Waals surface area contributed by atoms with Crippen LogP contribution < -0.4 is 4.74 Å². The molecule has 1 N–H and O–H groups in total. The van der Waals surface area contributed by atoms with Crippen LogP contribution in [0.15, 0.2) is 45.3 Å². The minimum Gasteiger partial charge on any atom is -0.496 e. The highest BCUT2D eigenvalue weighted by Crippen LogP contribution is 2.36. The molecule has 5 heteroatoms. The molecule has 0 aliphatic rings. The average Bonchev–Trinajstić information content (AvgIpc) is 2.40. The first-order valence-corrected chi connectivity index (χ1v) is 7.45. The average molecular weight is 407 g/mol. The molecule has 0 saturated heterocycles. The van der Waals surface area contributed by atoms with Crippen molar-refractivity contribution in [3.05, 3.63) is 61.5 Å². The quantitative estimate of drug-likeness (QED) is 0.781. The molecule has 2 nitrogen and oxygen atoms in total. The number of rotatable bonds is 3. The van der Waals surface area contributed by atoms with E-state index >= 15 is 0 Å². The minimum atomic E-state index is -0.819. The van der Waals surface area contributed by atoms with Crippen molar-refractivity contribution in [2.75, 3.05) is 7.11 Å². The summed E-state index contributed by atoms with van der Waals surface area (Å²) in [7, 11) is 1.58. The van der Waals surface area contributed by atoms with Gasteiger partial charge in [0, 0.05) is 25.1 Å². The number of hydrogen-bond donors (Lipinski definition) is 1. The Labute approximate surface area is 133 Å². The van der Waals surface area contributed by atoms with Crippen molar-refractivity contribution in [1.82, 2.24) is 0 Å². The summed E-state index contributed by atoms with van der Waals surface area (Å²) in [5, 5.41) is 11.1. The summed E-state index contributed by atoms with van der Waals surface area (Å²) in [6.07, 6.45) is -0.819. The van der Waals surface area contributed by atoms with Crippen LogP contribution in [0, 0.1) is 0 Å². The van der Waals surface area contributed by atoms with Gasteiger partial charge in [-0.25, -0.2) is 0 Å². The third-order valence-corrected chi connectivity index (χ3v) is 4.19. The maximum atomic E-state index is 10.5. The van der Waals surface area contributed by atoms with Gasteiger partial charge in [-0.2, -0.15) is 0 Å². The van der Waals surface area contributed by atoms with Gasteiger partial charge in [0.25, 0.3) is 0 Å². The van der Waals surface area contributed by atoms with E-state index in [1.807, 2.05) is 18.2 Å². The number of aliphatic hydroxyl groups excluding tert-OH is 1. The second-order valence-corrected chi connectivity index (χ2v) is 6.16. The molecule has 0 aromatic heterocycles. The van der Waals surface area contributed by atoms with E-state index in [1.165, 1.54) is 0 Å². The second kappa shape index (κ2) is 6.27. The monoisotopic (exact) mass is 404 g/mol. The number of benzene rings is 2. The maximum Gasteiger partial charge on any atom is 0.125 e. The lowest BCUT2D eigenvalue weighted by molar-refractivity contribution is 0.214. The number of methoxy groups -OCH3 is 1. The summed E-state index contributed by atoms with van der Waals surface area (Å²) < 4.78 is 6.96. The first-order valence-electron chi connectivity index (χ1n) is 5.49. The second-order valence-electron chi connectivity index (χ2n) is 3.95. The summed E-state index contributed by atoms with van der Waals surface area (Å²) in [6.45, 7) is 0. The van der Waals surface area contributed by atoms with Crippen molar-refractivity contribution in [3.63, 3.8) is 0 Å². The van der Waals surface area contributed by atoms with Gasteiger partial charge >= 0.3 is 0 Å². The molecule has 19 heavy (non-hydrogen) atoms. The van der Waals surface area contributed by atoms with E-state index in [1.54, 1.807) is 25.3 Å². The smallest absolute Gasteiger partial charge is 0.125 e. The Kier molecular flexibility index (Phi) is 4.90. The molecule has 2 aromatic rings. The van der Waals surface area contributed by atoms with Crippen molar-refractivity contribution in [2.45, 2.75) is 6.10 Å². The third-order valence-electron chi connectivity index (χ3n) is 2.74. The topological polar surface area (TPSA) is 29.5 Å². The first kappa shape index (κ1) is 14.9. The molecule has 0 bridgehead atoms. The molecule has 1 unspecified atom stereocenters. The lowest BCUT2D eigenvalue weighted by Gasteiger charge is -2.17. The van der Waals surface area contributed by atoms with Gasteiger partial charge in [0.15, 0.2) is 0 Å². The molecule has 0 aliphatic heterocycles. The molecule has 100 valence electrons. The predicted octanol–water partition coefficient (Wildman–Crippen LogP) is 4.96. The lowest BCUT2D eigenvalue weighted by atomic mass is 10.0. The summed E-state index contributed by atoms with van der Waals surface area (Å²) in [6, 6.07) is 10.8. The first-order chi connectivity index (χ1) is 9.02. The van der Waals surface area contributed by atoms with Crippen molar-refractivity contribution in [1.29, 1.82) is 0 Å². The maximum absolute atomic E-state index is 10.5. The van der Waals surface area contributed by atoms with Crippen molar-refractivity contribution in [3.8, 4) is 5.75 Å². The van der Waals surface area contributed by atoms with Gasteiger partial charge in [-0.1, -0.05) is 43.5 Å². The van der Waals surface area contributed by atoms with E-state index in [-0.39, 0.29) is 0 Å². The molecule has 0 spiro atoms. The normalized spacial score (nSPS) is 12.3. The Bertz CT molecular complexity index is 602. The Morgan fingerprint density at radius 2 is 1.84 bits per heavy atom. The highest BCUT2D eigenvalue weighted by molar-refractivity contribution is 9.10. The van der Waals surface area contributed by atoms with Gasteiger partial charge in [-0.15, -0.1) is 0 Å². The molecule has 1 atom stereocenters. The van der Waals surface area contributed by atoms with Crippen LogP contribution in [-0.4, -0.2) is 12.2 Å². The minimum absolute atomic E-state index is 0.575. The fraction of sp³-hybridized carbons (Fsp3) is 0.143. The van der Waals surface area contributed by atoms with Crippen LogP contribution in [0.5, 0.6) is 5.75 Å². The van der Waals surface area contributed by atoms with Crippen LogP contribution in [0.1, 0.15) is 17.2 Å². The molecular formula is C14H11Br2ClO2. The van der Waals surface area contributed by atoms with E-state index in [0.29, 0.717) is 21.9 Å². The molecule has 0 heterocycles. The highest BCUT2D eigenvalue weighted by Gasteiger charge is 2.18. The largest absolute Gasteiger partial charge is 0.496 e. The van der Waals surface area contributed by atoms with E-state index in [0.717, 1.165) is 8.95 Å². The van der Waals surface area contributed by atoms with Crippen LogP contribution in [0.3, 0.4) is 0 Å². The van der Waals surface area contributed by atoms with E-state index in [2.05, 4.69) is 31.9 Å². The summed E-state index contributed by atoms with van der Waals surface area (Å²) in [5.41, 5.74) is 1.38. The molecule has 0 fully saturated rings. The molecular weight excluding hydrogens is 395 g/mol. The fourth-order valence-electron chi connectivity index (χ4n) is 1.81. The molecule has 0 amide bonds. The summed E-state index contributed by atoms with van der Waals surface area (Å²) >= 11 is 12.8. The van der Waals surface area contributed by atoms with Crippen molar-refractivity contribution in [2.24, 2.45) is 0 Å². The number of halogens is 3. The van der Waals surface area contributed by atoms with Crippen LogP contribution in [0.2, 0.25) is 5.02 Å². The number of hydrogen-bond acceptors (Lipinski definition) is 2. The fourth-order valence-corrected chi connectivity index (χ4v) is 2.83. The predicted molar refractivity (Wildman–Crippen MR) is 83.9 cm³/mol. The van der Waals surface area contributed by atoms with Gasteiger partial charge in [0.1, 0.15) is 11.9 Å². The van der Waals surface area contributed by atoms with Gasteiger partial charge in [-0.3, -0.25) is 0 Å². The SMILES string of the molecule is COc1ccc(Br)cc1C(O)c1cc(Cl)ccc1Br. The molecule has 0 radical (unpaired) electrons. The van der Waals surface area contributed by atoms with Crippen molar-refractivity contribution < 1.29 is 9.84 Å². The van der Waals surface area contributed by atoms with Gasteiger partial charge in [-0.05, 0) is 36.4 Å². The van der Waals surface area contributed by atoms with E-state index < -0.39 is 6.10 Å². The number of aliphatic hydroxyl groups is 1. The van der Waals surface area contributed by atoms with Crippen LogP contribution in [0.25, 0.3) is 0 Å². The van der Waals surface area contributed by atoms with Gasteiger partial charge in [0.2, 0.25) is 0 Å². The third kappa shape index (κ3) is 3.31. The molecule has 0 saturated carbocycles. The lowest BCUT2D eigenvalue weighted by Crippen LogP contribution is -2.03. The van der Waals surface area contributed by atoms with E-state index in [4.69, 9.17) is 16.3 Å². The molecule has 2 rings (SSSR count). The molecule has 0 aliphatic carbocycles. The summed E-state index contributed by atoms with van der Waals surface area (Å²) in [4.78, 5) is 0. The molecule has 2 aromatic carbocycles. The zero-order valence-electron chi connectivity index (χ0n) is 10.0. The standard InChI is InChI=1S/C14H11Br2ClO2/c1-19-13-5-2-8(15)6-11(13)14(18)10-7-9(17)3-4-12(10)16/h2-7,14,18H,1H3. The summed E-state index contributed by atoms with van der Waals surface area (Å²) in [5.74, 6) is 0.627.